The van der Waals surface area contributed by atoms with Crippen molar-refractivity contribution in [3.05, 3.63) is 141 Å². The summed E-state index contributed by atoms with van der Waals surface area (Å²) in [7, 11) is 0. The van der Waals surface area contributed by atoms with Gasteiger partial charge in [-0.25, -0.2) is 4.68 Å². The molecule has 2 heterocycles. The molecule has 6 aromatic rings. The number of thiazole rings is 1. The van der Waals surface area contributed by atoms with Gasteiger partial charge in [-0.15, -0.1) is 16.4 Å². The monoisotopic (exact) mass is 609 g/mol. The van der Waals surface area contributed by atoms with Gasteiger partial charge < -0.3 is 0 Å². The predicted octanol–water partition coefficient (Wildman–Crippen LogP) is 8.41. The summed E-state index contributed by atoms with van der Waals surface area (Å²) in [5.41, 5.74) is 6.73. The van der Waals surface area contributed by atoms with Crippen LogP contribution < -0.4 is 4.80 Å². The maximum Gasteiger partial charge on any atom is 0.215 e. The van der Waals surface area contributed by atoms with E-state index in [1.54, 1.807) is 6.21 Å². The van der Waals surface area contributed by atoms with Gasteiger partial charge >= 0.3 is 0 Å². The molecule has 0 spiro atoms. The highest BCUT2D eigenvalue weighted by Gasteiger charge is 2.12. The number of halogens is 2. The lowest BCUT2D eigenvalue weighted by molar-refractivity contribution is 0.884. The number of hydrogen-bond acceptors (Lipinski definition) is 4. The van der Waals surface area contributed by atoms with E-state index >= 15 is 0 Å². The number of hydrogen-bond donors (Lipinski definition) is 0. The lowest BCUT2D eigenvalue weighted by Crippen LogP contribution is -2.13. The average molecular weight is 611 g/mol. The molecule has 39 heavy (non-hydrogen) atoms. The number of rotatable bonds is 6. The van der Waals surface area contributed by atoms with E-state index in [1.807, 2.05) is 108 Å². The largest absolute Gasteiger partial charge is 0.284 e. The van der Waals surface area contributed by atoms with E-state index in [2.05, 4.69) is 48.2 Å². The van der Waals surface area contributed by atoms with Gasteiger partial charge in [0, 0.05) is 37.9 Å². The van der Waals surface area contributed by atoms with Crippen LogP contribution in [0.1, 0.15) is 5.56 Å². The van der Waals surface area contributed by atoms with E-state index in [0.717, 1.165) is 48.7 Å². The average Bonchev–Trinajstić information content (AvgIpc) is 3.60. The highest BCUT2D eigenvalue weighted by molar-refractivity contribution is 9.10. The molecule has 190 valence electrons. The Hall–Kier alpha value is -4.04. The molecule has 0 aliphatic carbocycles. The second-order valence-corrected chi connectivity index (χ2v) is 10.8. The minimum atomic E-state index is 0.701. The van der Waals surface area contributed by atoms with Gasteiger partial charge in [0.1, 0.15) is 5.69 Å². The van der Waals surface area contributed by atoms with Crippen molar-refractivity contribution < 1.29 is 0 Å². The summed E-state index contributed by atoms with van der Waals surface area (Å²) < 4.78 is 4.99. The second-order valence-electron chi connectivity index (χ2n) is 8.65. The summed E-state index contributed by atoms with van der Waals surface area (Å²) in [6, 6.07) is 36.1. The molecule has 0 bridgehead atoms. The molecule has 6 rings (SSSR count). The Morgan fingerprint density at radius 3 is 2.10 bits per heavy atom. The topological polar surface area (TPSA) is 47.5 Å². The summed E-state index contributed by atoms with van der Waals surface area (Å²) in [6.07, 6.45) is 3.74. The zero-order valence-corrected chi connectivity index (χ0v) is 23.7. The van der Waals surface area contributed by atoms with Crippen LogP contribution in [0.3, 0.4) is 0 Å². The molecule has 5 nitrogen and oxygen atoms in total. The number of benzene rings is 4. The van der Waals surface area contributed by atoms with Crippen LogP contribution in [0.15, 0.2) is 135 Å². The molecular formula is C31H21BrClN5S. The highest BCUT2D eigenvalue weighted by Crippen LogP contribution is 2.26. The fourth-order valence-corrected chi connectivity index (χ4v) is 5.45. The van der Waals surface area contributed by atoms with Gasteiger partial charge in [-0.05, 0) is 54.1 Å². The van der Waals surface area contributed by atoms with Crippen molar-refractivity contribution >= 4 is 45.1 Å². The molecule has 0 aliphatic heterocycles. The van der Waals surface area contributed by atoms with Gasteiger partial charge in [-0.1, -0.05) is 88.2 Å². The van der Waals surface area contributed by atoms with Gasteiger partial charge in [0.15, 0.2) is 0 Å². The Morgan fingerprint density at radius 2 is 1.41 bits per heavy atom. The molecule has 0 aliphatic rings. The minimum Gasteiger partial charge on any atom is -0.284 e. The molecule has 4 aromatic carbocycles. The van der Waals surface area contributed by atoms with Crippen LogP contribution in [0.25, 0.3) is 33.9 Å². The predicted molar refractivity (Wildman–Crippen MR) is 164 cm³/mol. The highest BCUT2D eigenvalue weighted by atomic mass is 79.9. The van der Waals surface area contributed by atoms with Crippen LogP contribution in [0.4, 0.5) is 0 Å². The van der Waals surface area contributed by atoms with Crippen molar-refractivity contribution in [2.75, 3.05) is 0 Å². The molecule has 0 radical (unpaired) electrons. The van der Waals surface area contributed by atoms with Gasteiger partial charge in [-0.3, -0.25) is 4.57 Å². The summed E-state index contributed by atoms with van der Waals surface area (Å²) >= 11 is 11.2. The molecule has 0 saturated heterocycles. The third kappa shape index (κ3) is 5.56. The van der Waals surface area contributed by atoms with Gasteiger partial charge in [0.2, 0.25) is 4.80 Å². The van der Waals surface area contributed by atoms with Crippen LogP contribution >= 0.6 is 38.9 Å². The van der Waals surface area contributed by atoms with Crippen molar-refractivity contribution in [2.45, 2.75) is 0 Å². The van der Waals surface area contributed by atoms with Crippen molar-refractivity contribution in [2.24, 2.45) is 10.2 Å². The lowest BCUT2D eigenvalue weighted by Gasteiger charge is -2.09. The third-order valence-electron chi connectivity index (χ3n) is 6.08. The first-order chi connectivity index (χ1) is 19.2. The standard InChI is InChI=1S/C31H21BrClN5S/c32-25-15-11-23(12-16-25)30-24(20-37(36-30)27-7-3-1-4-8-27)19-34-35-31-38(28-9-5-2-6-10-28)29(21-39-31)22-13-17-26(33)18-14-22/h1-21H/b34-19-,35-31-. The fourth-order valence-electron chi connectivity index (χ4n) is 4.20. The molecule has 0 saturated carbocycles. The Morgan fingerprint density at radius 1 is 0.769 bits per heavy atom. The van der Waals surface area contributed by atoms with Crippen molar-refractivity contribution in [1.29, 1.82) is 0 Å². The van der Waals surface area contributed by atoms with E-state index in [1.165, 1.54) is 11.3 Å². The summed E-state index contributed by atoms with van der Waals surface area (Å²) in [5, 5.41) is 16.9. The first kappa shape index (κ1) is 25.2. The Balaban J connectivity index is 1.44. The number of nitrogens with zero attached hydrogens (tertiary/aromatic N) is 5. The van der Waals surface area contributed by atoms with Crippen molar-refractivity contribution in [1.82, 2.24) is 14.3 Å². The SMILES string of the molecule is Clc1ccc(-c2cs/c(=N\N=C/c3cn(-c4ccccc4)nc3-c3ccc(Br)cc3)n2-c2ccccc2)cc1. The van der Waals surface area contributed by atoms with E-state index < -0.39 is 0 Å². The fraction of sp³-hybridized carbons (Fsp3) is 0. The van der Waals surface area contributed by atoms with Crippen LogP contribution in [-0.4, -0.2) is 20.6 Å². The Kier molecular flexibility index (Phi) is 7.36. The zero-order valence-electron chi connectivity index (χ0n) is 20.5. The Labute approximate surface area is 243 Å². The smallest absolute Gasteiger partial charge is 0.215 e. The van der Waals surface area contributed by atoms with E-state index in [9.17, 15) is 0 Å². The van der Waals surface area contributed by atoms with Gasteiger partial charge in [-0.2, -0.15) is 10.2 Å². The molecule has 0 atom stereocenters. The molecule has 0 unspecified atom stereocenters. The van der Waals surface area contributed by atoms with E-state index in [0.29, 0.717) is 5.02 Å². The van der Waals surface area contributed by atoms with Crippen LogP contribution in [0.2, 0.25) is 5.02 Å². The van der Waals surface area contributed by atoms with E-state index in [-0.39, 0.29) is 0 Å². The molecule has 0 N–H and O–H groups in total. The Bertz CT molecular complexity index is 1800. The van der Waals surface area contributed by atoms with Gasteiger partial charge in [0.25, 0.3) is 0 Å². The third-order valence-corrected chi connectivity index (χ3v) is 7.68. The van der Waals surface area contributed by atoms with Crippen LogP contribution in [0.5, 0.6) is 0 Å². The first-order valence-electron chi connectivity index (χ1n) is 12.2. The van der Waals surface area contributed by atoms with Crippen LogP contribution in [-0.2, 0) is 0 Å². The molecule has 0 amide bonds. The molecule has 2 aromatic heterocycles. The molecule has 0 fully saturated rings. The molecule has 8 heteroatoms. The summed E-state index contributed by atoms with van der Waals surface area (Å²) in [4.78, 5) is 0.753. The van der Waals surface area contributed by atoms with Crippen molar-refractivity contribution in [3.8, 4) is 33.9 Å². The maximum atomic E-state index is 6.14. The quantitative estimate of drug-likeness (QED) is 0.138. The summed E-state index contributed by atoms with van der Waals surface area (Å²) in [5.74, 6) is 0. The summed E-state index contributed by atoms with van der Waals surface area (Å²) in [6.45, 7) is 0. The first-order valence-corrected chi connectivity index (χ1v) is 14.2. The zero-order chi connectivity index (χ0) is 26.6. The normalized spacial score (nSPS) is 11.9. The lowest BCUT2D eigenvalue weighted by atomic mass is 10.1. The number of para-hydroxylation sites is 2. The maximum absolute atomic E-state index is 6.14. The van der Waals surface area contributed by atoms with E-state index in [4.69, 9.17) is 16.7 Å². The van der Waals surface area contributed by atoms with Crippen molar-refractivity contribution in [3.63, 3.8) is 0 Å². The molecular weight excluding hydrogens is 590 g/mol. The number of aromatic nitrogens is 3. The second kappa shape index (κ2) is 11.4. The minimum absolute atomic E-state index is 0.701. The van der Waals surface area contributed by atoms with Gasteiger partial charge in [0.05, 0.1) is 17.6 Å². The van der Waals surface area contributed by atoms with Crippen LogP contribution in [0, 0.1) is 0 Å².